The third kappa shape index (κ3) is 4.04. The van der Waals surface area contributed by atoms with E-state index in [0.717, 1.165) is 11.1 Å². The number of pyridine rings is 1. The second kappa shape index (κ2) is 7.54. The number of rotatable bonds is 5. The molecule has 2 fully saturated rings. The predicted octanol–water partition coefficient (Wildman–Crippen LogP) is 3.50. The van der Waals surface area contributed by atoms with Crippen molar-refractivity contribution < 1.29 is 18.0 Å². The molecule has 1 saturated carbocycles. The lowest BCUT2D eigenvalue weighted by Gasteiger charge is -2.35. The van der Waals surface area contributed by atoms with Crippen LogP contribution in [0.2, 0.25) is 0 Å². The molecule has 2 heterocycles. The van der Waals surface area contributed by atoms with Crippen molar-refractivity contribution in [2.45, 2.75) is 49.4 Å². The highest BCUT2D eigenvalue weighted by Gasteiger charge is 2.45. The summed E-state index contributed by atoms with van der Waals surface area (Å²) in [7, 11) is 0. The standard InChI is InChI=1S/C21H22F3N3O/c22-16-8-18(26-12-16)20(28)27-19(13-4-2-1-3-5-13)17-7-6-14(11-25-17)15-9-21(23,24)10-15/h1-7,11,15-16,18-19,26H,8-10,12H2,(H,27,28)/t16?,18?,19-/m0/s1. The molecule has 0 radical (unpaired) electrons. The van der Waals surface area contributed by atoms with Crippen LogP contribution in [0.5, 0.6) is 0 Å². The number of halogens is 3. The van der Waals surface area contributed by atoms with E-state index in [1.54, 1.807) is 18.3 Å². The van der Waals surface area contributed by atoms with Crippen molar-refractivity contribution in [2.24, 2.45) is 0 Å². The van der Waals surface area contributed by atoms with Gasteiger partial charge in [0.15, 0.2) is 0 Å². The van der Waals surface area contributed by atoms with Gasteiger partial charge in [-0.15, -0.1) is 0 Å². The van der Waals surface area contributed by atoms with Crippen molar-refractivity contribution in [1.82, 2.24) is 15.6 Å². The third-order valence-corrected chi connectivity index (χ3v) is 5.48. The molecular formula is C21H22F3N3O. The SMILES string of the molecule is O=C(N[C@@H](c1ccccc1)c1ccc(C2CC(F)(F)C2)cn1)C1CC(F)CN1. The maximum Gasteiger partial charge on any atom is 0.249 e. The zero-order valence-corrected chi connectivity index (χ0v) is 15.2. The molecule has 7 heteroatoms. The van der Waals surface area contributed by atoms with Gasteiger partial charge in [-0.2, -0.15) is 0 Å². The molecule has 2 aliphatic rings. The zero-order valence-electron chi connectivity index (χ0n) is 15.2. The Morgan fingerprint density at radius 3 is 2.50 bits per heavy atom. The zero-order chi connectivity index (χ0) is 19.7. The number of benzene rings is 1. The average molecular weight is 389 g/mol. The summed E-state index contributed by atoms with van der Waals surface area (Å²) in [4.78, 5) is 17.0. The summed E-state index contributed by atoms with van der Waals surface area (Å²) < 4.78 is 39.7. The first-order valence-corrected chi connectivity index (χ1v) is 9.48. The van der Waals surface area contributed by atoms with Crippen LogP contribution in [0.15, 0.2) is 48.7 Å². The highest BCUT2D eigenvalue weighted by atomic mass is 19.3. The first-order chi connectivity index (χ1) is 13.4. The second-order valence-corrected chi connectivity index (χ2v) is 7.62. The van der Waals surface area contributed by atoms with Gasteiger partial charge in [0.1, 0.15) is 6.17 Å². The highest BCUT2D eigenvalue weighted by Crippen LogP contribution is 2.48. The fraction of sp³-hybridized carbons (Fsp3) is 0.429. The van der Waals surface area contributed by atoms with E-state index in [0.29, 0.717) is 5.69 Å². The molecule has 1 aromatic carbocycles. The van der Waals surface area contributed by atoms with E-state index in [-0.39, 0.29) is 37.6 Å². The summed E-state index contributed by atoms with van der Waals surface area (Å²) in [5, 5.41) is 5.83. The Morgan fingerprint density at radius 2 is 1.93 bits per heavy atom. The molecule has 4 rings (SSSR count). The molecule has 3 atom stereocenters. The van der Waals surface area contributed by atoms with Gasteiger partial charge in [-0.05, 0) is 23.1 Å². The molecule has 1 saturated heterocycles. The van der Waals surface area contributed by atoms with Gasteiger partial charge in [-0.1, -0.05) is 36.4 Å². The molecule has 148 valence electrons. The van der Waals surface area contributed by atoms with Crippen LogP contribution >= 0.6 is 0 Å². The van der Waals surface area contributed by atoms with E-state index in [9.17, 15) is 18.0 Å². The van der Waals surface area contributed by atoms with Crippen LogP contribution in [0.3, 0.4) is 0 Å². The number of hydrogen-bond donors (Lipinski definition) is 2. The lowest BCUT2D eigenvalue weighted by atomic mass is 9.77. The van der Waals surface area contributed by atoms with Crippen molar-refractivity contribution in [3.05, 3.63) is 65.5 Å². The first-order valence-electron chi connectivity index (χ1n) is 9.48. The molecule has 28 heavy (non-hydrogen) atoms. The monoisotopic (exact) mass is 389 g/mol. The van der Waals surface area contributed by atoms with Crippen LogP contribution in [0.1, 0.15) is 48.0 Å². The van der Waals surface area contributed by atoms with Crippen molar-refractivity contribution in [3.8, 4) is 0 Å². The van der Waals surface area contributed by atoms with Crippen LogP contribution in [0.25, 0.3) is 0 Å². The molecule has 2 unspecified atom stereocenters. The Labute approximate surface area is 161 Å². The summed E-state index contributed by atoms with van der Waals surface area (Å²) in [6.07, 6.45) is 0.442. The van der Waals surface area contributed by atoms with Gasteiger partial charge >= 0.3 is 0 Å². The van der Waals surface area contributed by atoms with Gasteiger partial charge in [0.05, 0.1) is 17.8 Å². The fourth-order valence-electron chi connectivity index (χ4n) is 3.83. The van der Waals surface area contributed by atoms with Gasteiger partial charge in [-0.25, -0.2) is 13.2 Å². The number of alkyl halides is 3. The summed E-state index contributed by atoms with van der Waals surface area (Å²) >= 11 is 0. The Kier molecular flexibility index (Phi) is 5.10. The van der Waals surface area contributed by atoms with E-state index in [1.165, 1.54) is 0 Å². The number of hydrogen-bond acceptors (Lipinski definition) is 3. The molecular weight excluding hydrogens is 367 g/mol. The molecule has 0 bridgehead atoms. The van der Waals surface area contributed by atoms with E-state index >= 15 is 0 Å². The molecule has 1 aromatic heterocycles. The van der Waals surface area contributed by atoms with Gasteiger partial charge in [0.2, 0.25) is 11.8 Å². The van der Waals surface area contributed by atoms with Gasteiger partial charge < -0.3 is 10.6 Å². The Balaban J connectivity index is 1.53. The van der Waals surface area contributed by atoms with Crippen molar-refractivity contribution in [3.63, 3.8) is 0 Å². The van der Waals surface area contributed by atoms with Crippen LogP contribution in [-0.4, -0.2) is 35.6 Å². The topological polar surface area (TPSA) is 54.0 Å². The maximum atomic E-state index is 13.4. The Bertz CT molecular complexity index is 821. The van der Waals surface area contributed by atoms with Crippen LogP contribution in [0, 0.1) is 0 Å². The molecule has 4 nitrogen and oxygen atoms in total. The van der Waals surface area contributed by atoms with Gasteiger partial charge in [0.25, 0.3) is 0 Å². The van der Waals surface area contributed by atoms with E-state index < -0.39 is 24.2 Å². The van der Waals surface area contributed by atoms with Gasteiger partial charge in [-0.3, -0.25) is 9.78 Å². The average Bonchev–Trinajstić information content (AvgIpc) is 3.11. The van der Waals surface area contributed by atoms with Crippen molar-refractivity contribution in [2.75, 3.05) is 6.54 Å². The van der Waals surface area contributed by atoms with E-state index in [4.69, 9.17) is 0 Å². The van der Waals surface area contributed by atoms with Crippen LogP contribution < -0.4 is 10.6 Å². The number of nitrogens with one attached hydrogen (secondary N) is 2. The van der Waals surface area contributed by atoms with Crippen LogP contribution in [-0.2, 0) is 4.79 Å². The van der Waals surface area contributed by atoms with E-state index in [2.05, 4.69) is 15.6 Å². The Morgan fingerprint density at radius 1 is 1.18 bits per heavy atom. The summed E-state index contributed by atoms with van der Waals surface area (Å²) in [6, 6.07) is 11.9. The minimum absolute atomic E-state index is 0.148. The molecule has 0 spiro atoms. The molecule has 1 amide bonds. The lowest BCUT2D eigenvalue weighted by molar-refractivity contribution is -0.123. The van der Waals surface area contributed by atoms with Crippen molar-refractivity contribution >= 4 is 5.91 Å². The number of aromatic nitrogens is 1. The predicted molar refractivity (Wildman–Crippen MR) is 98.9 cm³/mol. The fourth-order valence-corrected chi connectivity index (χ4v) is 3.83. The number of carbonyl (C=O) groups is 1. The third-order valence-electron chi connectivity index (χ3n) is 5.48. The molecule has 2 aromatic rings. The lowest BCUT2D eigenvalue weighted by Crippen LogP contribution is -2.42. The quantitative estimate of drug-likeness (QED) is 0.823. The normalized spacial score (nSPS) is 25.1. The van der Waals surface area contributed by atoms with Crippen LogP contribution in [0.4, 0.5) is 13.2 Å². The van der Waals surface area contributed by atoms with Crippen molar-refractivity contribution in [1.29, 1.82) is 0 Å². The smallest absolute Gasteiger partial charge is 0.249 e. The summed E-state index contributed by atoms with van der Waals surface area (Å²) in [5.41, 5.74) is 2.25. The maximum absolute atomic E-state index is 13.4. The second-order valence-electron chi connectivity index (χ2n) is 7.62. The summed E-state index contributed by atoms with van der Waals surface area (Å²) in [6.45, 7) is 0.174. The number of amides is 1. The van der Waals surface area contributed by atoms with E-state index in [1.807, 2.05) is 30.3 Å². The number of nitrogens with zero attached hydrogens (tertiary/aromatic N) is 1. The number of carbonyl (C=O) groups excluding carboxylic acids is 1. The van der Waals surface area contributed by atoms with Gasteiger partial charge in [0, 0.05) is 32.0 Å². The molecule has 1 aliphatic carbocycles. The summed E-state index contributed by atoms with van der Waals surface area (Å²) in [5.74, 6) is -3.03. The highest BCUT2D eigenvalue weighted by molar-refractivity contribution is 5.83. The molecule has 1 aliphatic heterocycles. The molecule has 2 N–H and O–H groups in total. The minimum Gasteiger partial charge on any atom is -0.342 e. The largest absolute Gasteiger partial charge is 0.342 e. The first kappa shape index (κ1) is 18.9. The minimum atomic E-state index is -2.58. The Hall–Kier alpha value is -2.41.